The molecule has 0 aliphatic rings. The van der Waals surface area contributed by atoms with Gasteiger partial charge in [-0.3, -0.25) is 4.98 Å². The molecular formula is C11H7N5. The fourth-order valence-corrected chi connectivity index (χ4v) is 1.44. The summed E-state index contributed by atoms with van der Waals surface area (Å²) in [5, 5.41) is 13.1. The molecule has 2 aromatic rings. The summed E-state index contributed by atoms with van der Waals surface area (Å²) in [5.74, 6) is 0. The van der Waals surface area contributed by atoms with Crippen LogP contribution in [0, 0.1) is 11.3 Å². The van der Waals surface area contributed by atoms with E-state index in [1.54, 1.807) is 18.3 Å². The largest absolute Gasteiger partial charge is 0.256 e. The van der Waals surface area contributed by atoms with Gasteiger partial charge in [0.15, 0.2) is 0 Å². The normalized spacial score (nSPS) is 9.44. The monoisotopic (exact) mass is 209 g/mol. The van der Waals surface area contributed by atoms with Gasteiger partial charge in [0.2, 0.25) is 0 Å². The maximum atomic E-state index is 8.73. The summed E-state index contributed by atoms with van der Waals surface area (Å²) < 4.78 is 0. The average molecular weight is 209 g/mol. The van der Waals surface area contributed by atoms with Gasteiger partial charge < -0.3 is 0 Å². The zero-order valence-electron chi connectivity index (χ0n) is 8.33. The lowest BCUT2D eigenvalue weighted by molar-refractivity contribution is 1.04. The number of hydrogen-bond donors (Lipinski definition) is 0. The van der Waals surface area contributed by atoms with E-state index in [-0.39, 0.29) is 0 Å². The molecule has 0 saturated heterocycles. The third-order valence-corrected chi connectivity index (χ3v) is 2.19. The van der Waals surface area contributed by atoms with Crippen molar-refractivity contribution in [3.63, 3.8) is 0 Å². The molecule has 5 heteroatoms. The number of benzene rings is 1. The minimum atomic E-state index is 0.291. The van der Waals surface area contributed by atoms with E-state index in [4.69, 9.17) is 10.8 Å². The first-order valence-corrected chi connectivity index (χ1v) is 4.63. The Balaban J connectivity index is 2.48. The zero-order valence-corrected chi connectivity index (χ0v) is 8.33. The Kier molecular flexibility index (Phi) is 2.68. The van der Waals surface area contributed by atoms with Gasteiger partial charge in [-0.05, 0) is 29.3 Å². The predicted molar refractivity (Wildman–Crippen MR) is 59.3 cm³/mol. The van der Waals surface area contributed by atoms with Crippen molar-refractivity contribution in [2.45, 2.75) is 6.54 Å². The van der Waals surface area contributed by atoms with Crippen molar-refractivity contribution in [3.8, 4) is 6.07 Å². The highest BCUT2D eigenvalue weighted by Crippen LogP contribution is 2.15. The average Bonchev–Trinajstić information content (AvgIpc) is 2.35. The highest BCUT2D eigenvalue weighted by atomic mass is 15.1. The molecule has 0 saturated carbocycles. The molecule has 0 unspecified atom stereocenters. The number of fused-ring (bicyclic) bond motifs is 1. The topological polar surface area (TPSA) is 85.4 Å². The van der Waals surface area contributed by atoms with Crippen LogP contribution in [-0.4, -0.2) is 4.98 Å². The van der Waals surface area contributed by atoms with Crippen molar-refractivity contribution in [1.82, 2.24) is 4.98 Å². The van der Waals surface area contributed by atoms with E-state index >= 15 is 0 Å². The third kappa shape index (κ3) is 1.92. The van der Waals surface area contributed by atoms with Gasteiger partial charge in [-0.25, -0.2) is 0 Å². The van der Waals surface area contributed by atoms with Crippen LogP contribution >= 0.6 is 0 Å². The molecule has 5 nitrogen and oxygen atoms in total. The number of pyridine rings is 1. The van der Waals surface area contributed by atoms with Gasteiger partial charge >= 0.3 is 0 Å². The Morgan fingerprint density at radius 3 is 3.06 bits per heavy atom. The van der Waals surface area contributed by atoms with Crippen LogP contribution in [0.3, 0.4) is 0 Å². The fraction of sp³-hybridized carbons (Fsp3) is 0.0909. The molecule has 1 aromatic carbocycles. The molecule has 76 valence electrons. The molecule has 0 aliphatic heterocycles. The number of hydrogen-bond acceptors (Lipinski definition) is 3. The van der Waals surface area contributed by atoms with E-state index in [9.17, 15) is 0 Å². The van der Waals surface area contributed by atoms with Crippen LogP contribution < -0.4 is 0 Å². The molecule has 0 N–H and O–H groups in total. The van der Waals surface area contributed by atoms with Crippen LogP contribution in [-0.2, 0) is 6.54 Å². The first-order chi connectivity index (χ1) is 7.83. The van der Waals surface area contributed by atoms with Crippen molar-refractivity contribution in [1.29, 1.82) is 5.26 Å². The number of azide groups is 1. The highest BCUT2D eigenvalue weighted by Gasteiger charge is 1.98. The minimum absolute atomic E-state index is 0.291. The summed E-state index contributed by atoms with van der Waals surface area (Å²) in [5.41, 5.74) is 10.4. The maximum absolute atomic E-state index is 8.73. The fourth-order valence-electron chi connectivity index (χ4n) is 1.44. The molecule has 0 aliphatic carbocycles. The Labute approximate surface area is 91.6 Å². The van der Waals surface area contributed by atoms with Crippen LogP contribution in [0.4, 0.5) is 0 Å². The van der Waals surface area contributed by atoms with Gasteiger partial charge in [0.05, 0.1) is 23.7 Å². The Hall–Kier alpha value is -2.57. The minimum Gasteiger partial charge on any atom is -0.256 e. The van der Waals surface area contributed by atoms with Crippen LogP contribution in [0.1, 0.15) is 11.1 Å². The molecule has 0 atom stereocenters. The lowest BCUT2D eigenvalue weighted by atomic mass is 10.1. The van der Waals surface area contributed by atoms with Crippen molar-refractivity contribution < 1.29 is 0 Å². The first kappa shape index (κ1) is 9.97. The molecular weight excluding hydrogens is 202 g/mol. The Morgan fingerprint density at radius 1 is 1.44 bits per heavy atom. The van der Waals surface area contributed by atoms with Gasteiger partial charge in [0, 0.05) is 16.5 Å². The SMILES string of the molecule is N#Cc1ccc2cc(CN=[N+]=[N-])cnc2c1. The zero-order chi connectivity index (χ0) is 11.4. The van der Waals surface area contributed by atoms with Crippen molar-refractivity contribution in [2.24, 2.45) is 5.11 Å². The van der Waals surface area contributed by atoms with Crippen molar-refractivity contribution in [3.05, 3.63) is 52.0 Å². The molecule has 0 spiro atoms. The summed E-state index contributed by atoms with van der Waals surface area (Å²) in [4.78, 5) is 6.90. The molecule has 2 rings (SSSR count). The number of nitriles is 1. The summed E-state index contributed by atoms with van der Waals surface area (Å²) in [7, 11) is 0. The van der Waals surface area contributed by atoms with Gasteiger partial charge in [-0.2, -0.15) is 5.26 Å². The number of rotatable bonds is 2. The quantitative estimate of drug-likeness (QED) is 0.432. The van der Waals surface area contributed by atoms with Crippen LogP contribution in [0.2, 0.25) is 0 Å². The summed E-state index contributed by atoms with van der Waals surface area (Å²) in [6.45, 7) is 0.291. The maximum Gasteiger partial charge on any atom is 0.0992 e. The van der Waals surface area contributed by atoms with Crippen molar-refractivity contribution in [2.75, 3.05) is 0 Å². The van der Waals surface area contributed by atoms with Crippen LogP contribution in [0.5, 0.6) is 0 Å². The summed E-state index contributed by atoms with van der Waals surface area (Å²) in [6, 6.07) is 9.26. The smallest absolute Gasteiger partial charge is 0.0992 e. The van der Waals surface area contributed by atoms with Gasteiger partial charge in [-0.1, -0.05) is 11.2 Å². The Morgan fingerprint density at radius 2 is 2.31 bits per heavy atom. The van der Waals surface area contributed by atoms with Gasteiger partial charge in [0.25, 0.3) is 0 Å². The molecule has 1 heterocycles. The van der Waals surface area contributed by atoms with Crippen molar-refractivity contribution >= 4 is 10.9 Å². The molecule has 1 aromatic heterocycles. The van der Waals surface area contributed by atoms with E-state index < -0.39 is 0 Å². The third-order valence-electron chi connectivity index (χ3n) is 2.19. The lowest BCUT2D eigenvalue weighted by Gasteiger charge is -2.00. The summed E-state index contributed by atoms with van der Waals surface area (Å²) in [6.07, 6.45) is 1.65. The molecule has 0 bridgehead atoms. The molecule has 16 heavy (non-hydrogen) atoms. The van der Waals surface area contributed by atoms with E-state index in [1.165, 1.54) is 0 Å². The van der Waals surface area contributed by atoms with Gasteiger partial charge in [0.1, 0.15) is 0 Å². The lowest BCUT2D eigenvalue weighted by Crippen LogP contribution is -1.86. The first-order valence-electron chi connectivity index (χ1n) is 4.63. The molecule has 0 radical (unpaired) electrons. The van der Waals surface area contributed by atoms with E-state index in [0.29, 0.717) is 12.1 Å². The summed E-state index contributed by atoms with van der Waals surface area (Å²) >= 11 is 0. The second-order valence-electron chi connectivity index (χ2n) is 3.25. The number of aromatic nitrogens is 1. The predicted octanol–water partition coefficient (Wildman–Crippen LogP) is 2.92. The second kappa shape index (κ2) is 4.30. The van der Waals surface area contributed by atoms with E-state index in [2.05, 4.69) is 21.1 Å². The van der Waals surface area contributed by atoms with Crippen LogP contribution in [0.25, 0.3) is 21.3 Å². The van der Waals surface area contributed by atoms with E-state index in [0.717, 1.165) is 16.5 Å². The number of nitrogens with zero attached hydrogens (tertiary/aromatic N) is 5. The highest BCUT2D eigenvalue weighted by molar-refractivity contribution is 5.80. The van der Waals surface area contributed by atoms with Gasteiger partial charge in [-0.15, -0.1) is 0 Å². The van der Waals surface area contributed by atoms with Crippen LogP contribution in [0.15, 0.2) is 35.6 Å². The van der Waals surface area contributed by atoms with E-state index in [1.807, 2.05) is 12.1 Å². The standard InChI is InChI=1S/C11H7N5/c12-5-8-1-2-10-3-9(7-15-16-13)6-14-11(10)4-8/h1-4,6H,7H2. The second-order valence-corrected chi connectivity index (χ2v) is 3.25. The molecule has 0 fully saturated rings. The molecule has 0 amide bonds. The Bertz CT molecular complexity index is 620.